The number of ether oxygens (including phenoxy) is 1. The van der Waals surface area contributed by atoms with Gasteiger partial charge in [0.2, 0.25) is 0 Å². The minimum atomic E-state index is 0.293. The van der Waals surface area contributed by atoms with Crippen LogP contribution in [-0.4, -0.2) is 25.8 Å². The van der Waals surface area contributed by atoms with Crippen molar-refractivity contribution in [3.05, 3.63) is 77.9 Å². The van der Waals surface area contributed by atoms with Gasteiger partial charge in [-0.25, -0.2) is 0 Å². The van der Waals surface area contributed by atoms with Gasteiger partial charge < -0.3 is 10.1 Å². The first-order valence-corrected chi connectivity index (χ1v) is 7.49. The number of hydrogen-bond acceptors (Lipinski definition) is 2. The molecule has 0 bridgehead atoms. The van der Waals surface area contributed by atoms with Crippen molar-refractivity contribution in [3.63, 3.8) is 0 Å². The van der Waals surface area contributed by atoms with E-state index in [4.69, 9.17) is 4.74 Å². The van der Waals surface area contributed by atoms with Crippen molar-refractivity contribution in [1.29, 1.82) is 0 Å². The van der Waals surface area contributed by atoms with Crippen LogP contribution in [0.4, 0.5) is 0 Å². The highest BCUT2D eigenvalue weighted by Crippen LogP contribution is 2.22. The molecule has 1 aliphatic rings. The van der Waals surface area contributed by atoms with Crippen molar-refractivity contribution >= 4 is 5.57 Å². The van der Waals surface area contributed by atoms with Crippen LogP contribution in [0.15, 0.2) is 61.2 Å². The van der Waals surface area contributed by atoms with E-state index in [1.807, 2.05) is 18.2 Å². The number of benzene rings is 2. The minimum absolute atomic E-state index is 0.293. The first-order valence-electron chi connectivity index (χ1n) is 7.49. The summed E-state index contributed by atoms with van der Waals surface area (Å²) in [6.45, 7) is 6.93. The molecule has 1 heterocycles. The number of morpholine rings is 1. The second-order valence-electron chi connectivity index (χ2n) is 5.44. The Labute approximate surface area is 126 Å². The van der Waals surface area contributed by atoms with E-state index in [0.717, 1.165) is 31.7 Å². The van der Waals surface area contributed by atoms with Crippen LogP contribution >= 0.6 is 0 Å². The summed E-state index contributed by atoms with van der Waals surface area (Å²) in [5.41, 5.74) is 4.73. The third-order valence-corrected chi connectivity index (χ3v) is 3.89. The molecule has 108 valence electrons. The smallest absolute Gasteiger partial charge is 0.0740 e. The Bertz CT molecular complexity index is 583. The third kappa shape index (κ3) is 3.60. The summed E-state index contributed by atoms with van der Waals surface area (Å²) in [6.07, 6.45) is 1.26. The summed E-state index contributed by atoms with van der Waals surface area (Å²) in [5.74, 6) is 0. The van der Waals surface area contributed by atoms with E-state index in [1.165, 1.54) is 16.7 Å². The average molecular weight is 279 g/mol. The molecule has 0 radical (unpaired) electrons. The monoisotopic (exact) mass is 279 g/mol. The van der Waals surface area contributed by atoms with Gasteiger partial charge in [0.05, 0.1) is 12.7 Å². The summed E-state index contributed by atoms with van der Waals surface area (Å²) in [6, 6.07) is 19.0. The molecule has 0 spiro atoms. The first kappa shape index (κ1) is 14.1. The SMILES string of the molecule is C=C(c1ccccc1)c1ccc(CC2CNCCO2)cc1. The maximum atomic E-state index is 5.75. The Balaban J connectivity index is 1.67. The standard InChI is InChI=1S/C19H21NO/c1-15(17-5-3-2-4-6-17)18-9-7-16(8-10-18)13-19-14-20-11-12-21-19/h2-10,19-20H,1,11-14H2. The molecule has 0 amide bonds. The van der Waals surface area contributed by atoms with Gasteiger partial charge in [-0.2, -0.15) is 0 Å². The first-order chi connectivity index (χ1) is 10.3. The molecule has 1 aliphatic heterocycles. The zero-order valence-electron chi connectivity index (χ0n) is 12.2. The Morgan fingerprint density at radius 1 is 1.05 bits per heavy atom. The van der Waals surface area contributed by atoms with Crippen LogP contribution in [0.3, 0.4) is 0 Å². The highest BCUT2D eigenvalue weighted by molar-refractivity contribution is 5.77. The molecule has 2 heteroatoms. The summed E-state index contributed by atoms with van der Waals surface area (Å²) in [4.78, 5) is 0. The van der Waals surface area contributed by atoms with Crippen LogP contribution < -0.4 is 5.32 Å². The number of rotatable bonds is 4. The van der Waals surface area contributed by atoms with Gasteiger partial charge in [-0.1, -0.05) is 61.2 Å². The zero-order chi connectivity index (χ0) is 14.5. The Morgan fingerprint density at radius 2 is 1.76 bits per heavy atom. The molecule has 0 aliphatic carbocycles. The molecule has 1 atom stereocenters. The molecule has 2 aromatic rings. The van der Waals surface area contributed by atoms with Gasteiger partial charge in [-0.3, -0.25) is 0 Å². The second-order valence-corrected chi connectivity index (χ2v) is 5.44. The lowest BCUT2D eigenvalue weighted by Crippen LogP contribution is -2.39. The van der Waals surface area contributed by atoms with Crippen molar-refractivity contribution in [3.8, 4) is 0 Å². The lowest BCUT2D eigenvalue weighted by atomic mass is 9.97. The Morgan fingerprint density at radius 3 is 2.43 bits per heavy atom. The number of nitrogens with one attached hydrogen (secondary N) is 1. The van der Waals surface area contributed by atoms with Gasteiger partial charge in [0, 0.05) is 13.1 Å². The largest absolute Gasteiger partial charge is 0.375 e. The molecule has 1 unspecified atom stereocenters. The van der Waals surface area contributed by atoms with E-state index in [-0.39, 0.29) is 0 Å². The van der Waals surface area contributed by atoms with Crippen LogP contribution in [0.5, 0.6) is 0 Å². The molecule has 3 rings (SSSR count). The molecule has 1 N–H and O–H groups in total. The Hall–Kier alpha value is -1.90. The molecule has 0 aromatic heterocycles. The second kappa shape index (κ2) is 6.70. The number of hydrogen-bond donors (Lipinski definition) is 1. The van der Waals surface area contributed by atoms with Gasteiger partial charge in [0.25, 0.3) is 0 Å². The molecule has 21 heavy (non-hydrogen) atoms. The molecule has 2 nitrogen and oxygen atoms in total. The van der Waals surface area contributed by atoms with E-state index in [2.05, 4.69) is 48.3 Å². The van der Waals surface area contributed by atoms with E-state index >= 15 is 0 Å². The van der Waals surface area contributed by atoms with Crippen LogP contribution in [-0.2, 0) is 11.2 Å². The fraction of sp³-hybridized carbons (Fsp3) is 0.263. The quantitative estimate of drug-likeness (QED) is 0.927. The fourth-order valence-electron chi connectivity index (χ4n) is 2.66. The summed E-state index contributed by atoms with van der Waals surface area (Å²) >= 11 is 0. The molecular weight excluding hydrogens is 258 g/mol. The summed E-state index contributed by atoms with van der Waals surface area (Å²) in [7, 11) is 0. The van der Waals surface area contributed by atoms with Crippen molar-refractivity contribution in [1.82, 2.24) is 5.32 Å². The van der Waals surface area contributed by atoms with Gasteiger partial charge in [-0.05, 0) is 28.7 Å². The molecule has 1 saturated heterocycles. The highest BCUT2D eigenvalue weighted by atomic mass is 16.5. The van der Waals surface area contributed by atoms with E-state index in [0.29, 0.717) is 6.10 Å². The molecule has 2 aromatic carbocycles. The summed E-state index contributed by atoms with van der Waals surface area (Å²) < 4.78 is 5.75. The lowest BCUT2D eigenvalue weighted by molar-refractivity contribution is 0.0292. The fourth-order valence-corrected chi connectivity index (χ4v) is 2.66. The maximum absolute atomic E-state index is 5.75. The van der Waals surface area contributed by atoms with Crippen LogP contribution in [0.1, 0.15) is 16.7 Å². The van der Waals surface area contributed by atoms with Gasteiger partial charge in [0.1, 0.15) is 0 Å². The Kier molecular flexibility index (Phi) is 4.49. The predicted octanol–water partition coefficient (Wildman–Crippen LogP) is 3.28. The summed E-state index contributed by atoms with van der Waals surface area (Å²) in [5, 5.41) is 3.37. The van der Waals surface area contributed by atoms with Crippen LogP contribution in [0.2, 0.25) is 0 Å². The predicted molar refractivity (Wildman–Crippen MR) is 87.3 cm³/mol. The van der Waals surface area contributed by atoms with Gasteiger partial charge >= 0.3 is 0 Å². The zero-order valence-corrected chi connectivity index (χ0v) is 12.2. The maximum Gasteiger partial charge on any atom is 0.0740 e. The van der Waals surface area contributed by atoms with Crippen molar-refractivity contribution in [2.45, 2.75) is 12.5 Å². The third-order valence-electron chi connectivity index (χ3n) is 3.89. The van der Waals surface area contributed by atoms with E-state index in [9.17, 15) is 0 Å². The topological polar surface area (TPSA) is 21.3 Å². The van der Waals surface area contributed by atoms with E-state index in [1.54, 1.807) is 0 Å². The van der Waals surface area contributed by atoms with Crippen molar-refractivity contribution in [2.24, 2.45) is 0 Å². The highest BCUT2D eigenvalue weighted by Gasteiger charge is 2.13. The molecule has 0 saturated carbocycles. The molecule has 1 fully saturated rings. The van der Waals surface area contributed by atoms with Gasteiger partial charge in [-0.15, -0.1) is 0 Å². The van der Waals surface area contributed by atoms with Crippen LogP contribution in [0.25, 0.3) is 5.57 Å². The van der Waals surface area contributed by atoms with Crippen LogP contribution in [0, 0.1) is 0 Å². The molecular formula is C19H21NO. The van der Waals surface area contributed by atoms with E-state index < -0.39 is 0 Å². The normalized spacial score (nSPS) is 18.4. The van der Waals surface area contributed by atoms with Crippen molar-refractivity contribution < 1.29 is 4.74 Å². The van der Waals surface area contributed by atoms with Crippen molar-refractivity contribution in [2.75, 3.05) is 19.7 Å². The lowest BCUT2D eigenvalue weighted by Gasteiger charge is -2.23. The minimum Gasteiger partial charge on any atom is -0.375 e. The van der Waals surface area contributed by atoms with Gasteiger partial charge in [0.15, 0.2) is 0 Å². The average Bonchev–Trinajstić information content (AvgIpc) is 2.57.